The Morgan fingerprint density at radius 1 is 0.972 bits per heavy atom. The van der Waals surface area contributed by atoms with Crippen molar-refractivity contribution in [3.8, 4) is 0 Å². The van der Waals surface area contributed by atoms with Gasteiger partial charge in [-0.15, -0.1) is 0 Å². The Balaban J connectivity index is 1.74. The highest BCUT2D eigenvalue weighted by atomic mass is 16.2. The van der Waals surface area contributed by atoms with Gasteiger partial charge in [-0.1, -0.05) is 55.8 Å². The molecule has 0 fully saturated rings. The van der Waals surface area contributed by atoms with Crippen LogP contribution in [0.1, 0.15) is 53.0 Å². The van der Waals surface area contributed by atoms with Crippen LogP contribution >= 0.6 is 0 Å². The van der Waals surface area contributed by atoms with Crippen LogP contribution in [-0.4, -0.2) is 44.8 Å². The number of rotatable bonds is 8. The van der Waals surface area contributed by atoms with Crippen molar-refractivity contribution in [2.75, 3.05) is 17.2 Å². The Kier molecular flexibility index (Phi) is 6.86. The third-order valence-electron chi connectivity index (χ3n) is 6.24. The van der Waals surface area contributed by atoms with E-state index in [1.165, 1.54) is 28.5 Å². The SMILES string of the molecule is CCCCN(C(=O)C(C)N1C(=O)c2ccccc2C1=O)c1c(N)n(Cc2ccccc2)c(=O)[nH]c1=O. The normalized spacial score (nSPS) is 13.6. The molecule has 36 heavy (non-hydrogen) atoms. The van der Waals surface area contributed by atoms with Gasteiger partial charge >= 0.3 is 5.69 Å². The summed E-state index contributed by atoms with van der Waals surface area (Å²) in [5.74, 6) is -1.99. The van der Waals surface area contributed by atoms with Crippen molar-refractivity contribution >= 4 is 29.2 Å². The van der Waals surface area contributed by atoms with Crippen molar-refractivity contribution < 1.29 is 14.4 Å². The number of fused-ring (bicyclic) bond motifs is 1. The number of anilines is 2. The highest BCUT2D eigenvalue weighted by molar-refractivity contribution is 6.23. The number of nitrogens with zero attached hydrogens (tertiary/aromatic N) is 3. The number of H-pyrrole nitrogens is 1. The van der Waals surface area contributed by atoms with E-state index in [0.717, 1.165) is 10.5 Å². The van der Waals surface area contributed by atoms with Crippen LogP contribution in [-0.2, 0) is 11.3 Å². The van der Waals surface area contributed by atoms with Crippen LogP contribution in [0.3, 0.4) is 0 Å². The Hall–Kier alpha value is -4.47. The number of amides is 3. The first kappa shape index (κ1) is 24.6. The number of benzene rings is 2. The maximum Gasteiger partial charge on any atom is 0.330 e. The minimum atomic E-state index is -1.21. The fourth-order valence-electron chi connectivity index (χ4n) is 4.31. The molecule has 3 amide bonds. The number of hydrogen-bond acceptors (Lipinski definition) is 6. The molecule has 0 saturated heterocycles. The average Bonchev–Trinajstić information content (AvgIpc) is 3.13. The van der Waals surface area contributed by atoms with Crippen molar-refractivity contribution in [2.45, 2.75) is 39.3 Å². The summed E-state index contributed by atoms with van der Waals surface area (Å²) in [4.78, 5) is 69.5. The first-order chi connectivity index (χ1) is 17.3. The molecule has 0 saturated carbocycles. The Morgan fingerprint density at radius 3 is 2.14 bits per heavy atom. The topological polar surface area (TPSA) is 139 Å². The molecule has 4 rings (SSSR count). The molecule has 0 radical (unpaired) electrons. The predicted molar refractivity (Wildman–Crippen MR) is 135 cm³/mol. The summed E-state index contributed by atoms with van der Waals surface area (Å²) in [6, 6.07) is 14.2. The van der Waals surface area contributed by atoms with E-state index < -0.39 is 35.0 Å². The van der Waals surface area contributed by atoms with Gasteiger partial charge in [-0.3, -0.25) is 33.6 Å². The Bertz CT molecular complexity index is 1410. The molecule has 2 heterocycles. The first-order valence-corrected chi connectivity index (χ1v) is 11.7. The number of aromatic nitrogens is 2. The standard InChI is InChI=1S/C26H27N5O5/c1-3-4-14-29(23(33)16(2)31-24(34)18-12-8-9-13-19(18)25(31)35)20-21(27)30(26(36)28-22(20)32)15-17-10-6-5-7-11-17/h5-13,16H,3-4,14-15,27H2,1-2H3,(H,28,32,36). The summed E-state index contributed by atoms with van der Waals surface area (Å²) < 4.78 is 1.19. The summed E-state index contributed by atoms with van der Waals surface area (Å²) in [6.07, 6.45) is 1.23. The van der Waals surface area contributed by atoms with Crippen molar-refractivity contribution in [3.63, 3.8) is 0 Å². The molecular formula is C26H27N5O5. The van der Waals surface area contributed by atoms with Crippen molar-refractivity contribution in [1.82, 2.24) is 14.5 Å². The second-order valence-corrected chi connectivity index (χ2v) is 8.61. The highest BCUT2D eigenvalue weighted by Gasteiger charge is 2.42. The summed E-state index contributed by atoms with van der Waals surface area (Å²) in [5, 5.41) is 0. The van der Waals surface area contributed by atoms with Crippen LogP contribution in [0.25, 0.3) is 0 Å². The van der Waals surface area contributed by atoms with Crippen LogP contribution < -0.4 is 21.9 Å². The third kappa shape index (κ3) is 4.33. The summed E-state index contributed by atoms with van der Waals surface area (Å²) in [7, 11) is 0. The smallest absolute Gasteiger partial charge is 0.330 e. The van der Waals surface area contributed by atoms with Gasteiger partial charge in [-0.25, -0.2) is 4.79 Å². The second-order valence-electron chi connectivity index (χ2n) is 8.61. The van der Waals surface area contributed by atoms with Crippen LogP contribution in [0.4, 0.5) is 11.5 Å². The molecule has 1 aliphatic heterocycles. The van der Waals surface area contributed by atoms with Crippen molar-refractivity contribution in [3.05, 3.63) is 92.1 Å². The number of hydrogen-bond donors (Lipinski definition) is 2. The summed E-state index contributed by atoms with van der Waals surface area (Å²) in [5.41, 5.74) is 5.82. The molecule has 10 heteroatoms. The molecule has 10 nitrogen and oxygen atoms in total. The summed E-state index contributed by atoms with van der Waals surface area (Å²) >= 11 is 0. The van der Waals surface area contributed by atoms with Gasteiger partial charge in [0.05, 0.1) is 17.7 Å². The molecule has 2 aromatic carbocycles. The largest absolute Gasteiger partial charge is 0.383 e. The maximum absolute atomic E-state index is 13.7. The van der Waals surface area contributed by atoms with Crippen LogP contribution in [0.2, 0.25) is 0 Å². The number of carbonyl (C=O) groups excluding carboxylic acids is 3. The van der Waals surface area contributed by atoms with E-state index in [0.29, 0.717) is 12.8 Å². The molecule has 0 bridgehead atoms. The minimum Gasteiger partial charge on any atom is -0.383 e. The van der Waals surface area contributed by atoms with E-state index in [4.69, 9.17) is 5.73 Å². The lowest BCUT2D eigenvalue weighted by Gasteiger charge is -2.30. The number of nitrogens with one attached hydrogen (secondary N) is 1. The van der Waals surface area contributed by atoms with E-state index in [2.05, 4.69) is 4.98 Å². The Morgan fingerprint density at radius 2 is 1.56 bits per heavy atom. The predicted octanol–water partition coefficient (Wildman–Crippen LogP) is 1.98. The fraction of sp³-hybridized carbons (Fsp3) is 0.269. The van der Waals surface area contributed by atoms with E-state index in [-0.39, 0.29) is 35.7 Å². The van der Waals surface area contributed by atoms with Crippen molar-refractivity contribution in [2.24, 2.45) is 0 Å². The molecule has 1 unspecified atom stereocenters. The number of carbonyl (C=O) groups is 3. The van der Waals surface area contributed by atoms with Crippen LogP contribution in [0.5, 0.6) is 0 Å². The minimum absolute atomic E-state index is 0.0824. The maximum atomic E-state index is 13.7. The first-order valence-electron chi connectivity index (χ1n) is 11.7. The lowest BCUT2D eigenvalue weighted by atomic mass is 10.1. The molecule has 0 aliphatic carbocycles. The number of unbranched alkanes of at least 4 members (excludes halogenated alkanes) is 1. The average molecular weight is 490 g/mol. The molecule has 3 aromatic rings. The molecule has 1 atom stereocenters. The molecule has 0 spiro atoms. The summed E-state index contributed by atoms with van der Waals surface area (Å²) in [6.45, 7) is 3.55. The van der Waals surface area contributed by atoms with Gasteiger partial charge in [0, 0.05) is 6.54 Å². The number of aromatic amines is 1. The number of nitrogens with two attached hydrogens (primary N) is 1. The quantitative estimate of drug-likeness (QED) is 0.464. The third-order valence-corrected chi connectivity index (χ3v) is 6.24. The zero-order valence-corrected chi connectivity index (χ0v) is 20.1. The van der Waals surface area contributed by atoms with E-state index >= 15 is 0 Å². The number of nitrogen functional groups attached to an aromatic ring is 1. The molecule has 1 aliphatic rings. The van der Waals surface area contributed by atoms with Gasteiger partial charge < -0.3 is 10.6 Å². The van der Waals surface area contributed by atoms with Gasteiger partial charge in [0.25, 0.3) is 17.4 Å². The van der Waals surface area contributed by atoms with Gasteiger partial charge in [-0.2, -0.15) is 0 Å². The zero-order chi connectivity index (χ0) is 26.0. The van der Waals surface area contributed by atoms with E-state index in [9.17, 15) is 24.0 Å². The fourth-order valence-corrected chi connectivity index (χ4v) is 4.31. The van der Waals surface area contributed by atoms with Gasteiger partial charge in [0.2, 0.25) is 5.91 Å². The lowest BCUT2D eigenvalue weighted by molar-refractivity contribution is -0.122. The van der Waals surface area contributed by atoms with Crippen molar-refractivity contribution in [1.29, 1.82) is 0 Å². The highest BCUT2D eigenvalue weighted by Crippen LogP contribution is 2.27. The molecule has 186 valence electrons. The van der Waals surface area contributed by atoms with Crippen LogP contribution in [0, 0.1) is 0 Å². The lowest BCUT2D eigenvalue weighted by Crippen LogP contribution is -2.51. The van der Waals surface area contributed by atoms with Crippen LogP contribution in [0.15, 0.2) is 64.2 Å². The molecular weight excluding hydrogens is 462 g/mol. The molecule has 1 aromatic heterocycles. The second kappa shape index (κ2) is 10.0. The molecule has 3 N–H and O–H groups in total. The number of imide groups is 1. The van der Waals surface area contributed by atoms with E-state index in [1.807, 2.05) is 25.1 Å². The Labute approximate surface area is 207 Å². The monoisotopic (exact) mass is 489 g/mol. The van der Waals surface area contributed by atoms with Gasteiger partial charge in [-0.05, 0) is 31.0 Å². The van der Waals surface area contributed by atoms with Gasteiger partial charge in [0.1, 0.15) is 11.9 Å². The van der Waals surface area contributed by atoms with E-state index in [1.54, 1.807) is 24.3 Å². The van der Waals surface area contributed by atoms with Gasteiger partial charge in [0.15, 0.2) is 5.69 Å². The zero-order valence-electron chi connectivity index (χ0n) is 20.1.